The van der Waals surface area contributed by atoms with Gasteiger partial charge >= 0.3 is 6.61 Å². The van der Waals surface area contributed by atoms with Gasteiger partial charge in [0.1, 0.15) is 0 Å². The van der Waals surface area contributed by atoms with Crippen LogP contribution in [0.4, 0.5) is 8.78 Å². The molecule has 2 rings (SSSR count). The molecule has 2 aromatic rings. The minimum atomic E-state index is -2.92. The highest BCUT2D eigenvalue weighted by Crippen LogP contribution is 2.29. The molecule has 0 aliphatic rings. The van der Waals surface area contributed by atoms with E-state index in [2.05, 4.69) is 16.1 Å². The summed E-state index contributed by atoms with van der Waals surface area (Å²) < 4.78 is 34.0. The summed E-state index contributed by atoms with van der Waals surface area (Å²) in [7, 11) is 1.37. The Balaban J connectivity index is 1.79. The molecule has 0 saturated carbocycles. The van der Waals surface area contributed by atoms with E-state index in [1.807, 2.05) is 25.1 Å². The minimum absolute atomic E-state index is 0.0358. The molecule has 1 amide bonds. The Labute approximate surface area is 155 Å². The first kappa shape index (κ1) is 20.0. The molecule has 0 spiro atoms. The first-order chi connectivity index (χ1) is 12.5. The van der Waals surface area contributed by atoms with Crippen LogP contribution in [-0.2, 0) is 17.1 Å². The molecule has 0 saturated heterocycles. The van der Waals surface area contributed by atoms with E-state index in [0.717, 1.165) is 11.3 Å². The van der Waals surface area contributed by atoms with Gasteiger partial charge in [-0.3, -0.25) is 4.79 Å². The van der Waals surface area contributed by atoms with Crippen molar-refractivity contribution >= 4 is 17.7 Å². The molecule has 2 aromatic carbocycles. The first-order valence-corrected chi connectivity index (χ1v) is 9.15. The predicted molar refractivity (Wildman–Crippen MR) is 98.8 cm³/mol. The Morgan fingerprint density at radius 2 is 1.96 bits per heavy atom. The molecule has 0 aromatic heterocycles. The number of nitrogens with one attached hydrogen (secondary N) is 1. The second kappa shape index (κ2) is 10.0. The second-order valence-corrected chi connectivity index (χ2v) is 6.61. The third kappa shape index (κ3) is 6.55. The zero-order valence-electron chi connectivity index (χ0n) is 14.6. The first-order valence-electron chi connectivity index (χ1n) is 7.99. The number of aryl methyl sites for hydroxylation is 1. The molecule has 0 aliphatic carbocycles. The average Bonchev–Trinajstić information content (AvgIpc) is 2.60. The Morgan fingerprint density at radius 1 is 1.15 bits per heavy atom. The van der Waals surface area contributed by atoms with Crippen LogP contribution < -0.4 is 14.8 Å². The largest absolute Gasteiger partial charge is 0.493 e. The van der Waals surface area contributed by atoms with E-state index in [-0.39, 0.29) is 24.0 Å². The lowest BCUT2D eigenvalue weighted by Gasteiger charge is -2.12. The highest BCUT2D eigenvalue weighted by Gasteiger charge is 2.11. The van der Waals surface area contributed by atoms with Crippen LogP contribution in [0.25, 0.3) is 0 Å². The highest BCUT2D eigenvalue weighted by atomic mass is 32.2. The molecule has 0 fully saturated rings. The van der Waals surface area contributed by atoms with Gasteiger partial charge in [-0.2, -0.15) is 8.78 Å². The molecule has 1 N–H and O–H groups in total. The summed E-state index contributed by atoms with van der Waals surface area (Å²) >= 11 is 1.54. The fourth-order valence-corrected chi connectivity index (χ4v) is 3.14. The van der Waals surface area contributed by atoms with Crippen molar-refractivity contribution in [2.45, 2.75) is 25.8 Å². The Morgan fingerprint density at radius 3 is 2.65 bits per heavy atom. The topological polar surface area (TPSA) is 47.6 Å². The predicted octanol–water partition coefficient (Wildman–Crippen LogP) is 4.15. The maximum atomic E-state index is 12.3. The number of carbonyl (C=O) groups excluding carboxylic acids is 1. The van der Waals surface area contributed by atoms with Crippen molar-refractivity contribution in [3.8, 4) is 11.5 Å². The second-order valence-electron chi connectivity index (χ2n) is 5.62. The van der Waals surface area contributed by atoms with Crippen molar-refractivity contribution in [3.05, 3.63) is 59.2 Å². The number of thioether (sulfide) groups is 1. The molecule has 0 bridgehead atoms. The molecule has 26 heavy (non-hydrogen) atoms. The summed E-state index contributed by atoms with van der Waals surface area (Å²) in [5.41, 5.74) is 3.11. The fourth-order valence-electron chi connectivity index (χ4n) is 2.33. The number of alkyl halides is 2. The van der Waals surface area contributed by atoms with Crippen molar-refractivity contribution < 1.29 is 23.0 Å². The number of carbonyl (C=O) groups is 1. The Kier molecular flexibility index (Phi) is 7.72. The van der Waals surface area contributed by atoms with Gasteiger partial charge in [0.2, 0.25) is 5.91 Å². The molecule has 0 aliphatic heterocycles. The van der Waals surface area contributed by atoms with Crippen LogP contribution in [0.15, 0.2) is 42.5 Å². The van der Waals surface area contributed by atoms with Crippen LogP contribution in [0.2, 0.25) is 0 Å². The lowest BCUT2D eigenvalue weighted by molar-refractivity contribution is -0.118. The number of rotatable bonds is 9. The van der Waals surface area contributed by atoms with Crippen LogP contribution in [0.5, 0.6) is 11.5 Å². The lowest BCUT2D eigenvalue weighted by atomic mass is 10.2. The number of hydrogen-bond acceptors (Lipinski definition) is 4. The van der Waals surface area contributed by atoms with Crippen LogP contribution in [-0.4, -0.2) is 25.4 Å². The van der Waals surface area contributed by atoms with Crippen molar-refractivity contribution in [1.29, 1.82) is 0 Å². The molecular formula is C19H21F2NO3S. The number of amides is 1. The third-order valence-electron chi connectivity index (χ3n) is 3.52. The summed E-state index contributed by atoms with van der Waals surface area (Å²) in [5.74, 6) is 1.19. The highest BCUT2D eigenvalue weighted by molar-refractivity contribution is 7.99. The van der Waals surface area contributed by atoms with Gasteiger partial charge in [0.05, 0.1) is 12.9 Å². The molecule has 4 nitrogen and oxygen atoms in total. The number of halogens is 2. The Hall–Kier alpha value is -2.28. The van der Waals surface area contributed by atoms with Crippen molar-refractivity contribution in [3.63, 3.8) is 0 Å². The maximum Gasteiger partial charge on any atom is 0.387 e. The minimum Gasteiger partial charge on any atom is -0.493 e. The SMILES string of the molecule is COc1cc(CNC(=O)CSCc2cccc(C)c2)ccc1OC(F)F. The third-order valence-corrected chi connectivity index (χ3v) is 4.52. The maximum absolute atomic E-state index is 12.3. The summed E-state index contributed by atoms with van der Waals surface area (Å²) in [6, 6.07) is 12.7. The van der Waals surface area contributed by atoms with Crippen LogP contribution in [0.3, 0.4) is 0 Å². The summed E-state index contributed by atoms with van der Waals surface area (Å²) in [5, 5.41) is 2.80. The van der Waals surface area contributed by atoms with E-state index in [9.17, 15) is 13.6 Å². The van der Waals surface area contributed by atoms with E-state index in [0.29, 0.717) is 5.75 Å². The molecule has 0 heterocycles. The van der Waals surface area contributed by atoms with Crippen molar-refractivity contribution in [2.75, 3.05) is 12.9 Å². The summed E-state index contributed by atoms with van der Waals surface area (Å²) in [4.78, 5) is 12.0. The van der Waals surface area contributed by atoms with Gasteiger partial charge in [0, 0.05) is 12.3 Å². The number of benzene rings is 2. The molecular weight excluding hydrogens is 360 g/mol. The standard InChI is InChI=1S/C19H21F2NO3S/c1-13-4-3-5-15(8-13)11-26-12-18(23)22-10-14-6-7-16(25-19(20)21)17(9-14)24-2/h3-9,19H,10-12H2,1-2H3,(H,22,23). The van der Waals surface area contributed by atoms with Crippen molar-refractivity contribution in [1.82, 2.24) is 5.32 Å². The molecule has 0 atom stereocenters. The van der Waals surface area contributed by atoms with E-state index >= 15 is 0 Å². The normalized spacial score (nSPS) is 10.7. The van der Waals surface area contributed by atoms with E-state index in [1.54, 1.807) is 12.1 Å². The van der Waals surface area contributed by atoms with Crippen LogP contribution in [0, 0.1) is 6.92 Å². The Bertz CT molecular complexity index is 740. The van der Waals surface area contributed by atoms with Gasteiger partial charge in [-0.25, -0.2) is 0 Å². The summed E-state index contributed by atoms with van der Waals surface area (Å²) in [6.45, 7) is -0.595. The van der Waals surface area contributed by atoms with Gasteiger partial charge in [-0.15, -0.1) is 11.8 Å². The van der Waals surface area contributed by atoms with Gasteiger partial charge in [0.25, 0.3) is 0 Å². The van der Waals surface area contributed by atoms with E-state index in [4.69, 9.17) is 4.74 Å². The van der Waals surface area contributed by atoms with Gasteiger partial charge in [-0.1, -0.05) is 35.9 Å². The zero-order chi connectivity index (χ0) is 18.9. The van der Waals surface area contributed by atoms with E-state index in [1.165, 1.54) is 36.1 Å². The van der Waals surface area contributed by atoms with Gasteiger partial charge in [0.15, 0.2) is 11.5 Å². The molecule has 7 heteroatoms. The number of methoxy groups -OCH3 is 1. The number of hydrogen-bond donors (Lipinski definition) is 1. The van der Waals surface area contributed by atoms with Crippen molar-refractivity contribution in [2.24, 2.45) is 0 Å². The number of ether oxygens (including phenoxy) is 2. The van der Waals surface area contributed by atoms with Gasteiger partial charge < -0.3 is 14.8 Å². The monoisotopic (exact) mass is 381 g/mol. The fraction of sp³-hybridized carbons (Fsp3) is 0.316. The lowest BCUT2D eigenvalue weighted by Crippen LogP contribution is -2.24. The summed E-state index contributed by atoms with van der Waals surface area (Å²) in [6.07, 6.45) is 0. The molecule has 0 unspecified atom stereocenters. The average molecular weight is 381 g/mol. The van der Waals surface area contributed by atoms with Crippen LogP contribution >= 0.6 is 11.8 Å². The molecule has 0 radical (unpaired) electrons. The quantitative estimate of drug-likeness (QED) is 0.709. The van der Waals surface area contributed by atoms with Gasteiger partial charge in [-0.05, 0) is 30.2 Å². The zero-order valence-corrected chi connectivity index (χ0v) is 15.4. The molecule has 140 valence electrons. The van der Waals surface area contributed by atoms with Crippen LogP contribution in [0.1, 0.15) is 16.7 Å². The van der Waals surface area contributed by atoms with E-state index < -0.39 is 6.61 Å². The smallest absolute Gasteiger partial charge is 0.387 e.